The van der Waals surface area contributed by atoms with Crippen molar-refractivity contribution < 1.29 is 9.59 Å². The number of ketones is 2. The van der Waals surface area contributed by atoms with Gasteiger partial charge in [0.05, 0.1) is 11.4 Å². The number of halogens is 1. The molecule has 34 heavy (non-hydrogen) atoms. The molecule has 0 N–H and O–H groups in total. The summed E-state index contributed by atoms with van der Waals surface area (Å²) in [7, 11) is 0. The summed E-state index contributed by atoms with van der Waals surface area (Å²) >= 11 is 8.16. The second-order valence-electron chi connectivity index (χ2n) is 9.21. The molecule has 0 amide bonds. The molecule has 2 aromatic carbocycles. The molecule has 2 aliphatic rings. The third-order valence-electron chi connectivity index (χ3n) is 6.59. The standard InChI is InChI=1S/C27H34ClN3O2S/c1-21(32)9-11-23(33)6-4-13-29-16-18-30(19-17-29)14-5-15-31-24-7-2-3-8-26(24)34-27-12-10-22(28)20-25(27)31/h2-3,7-8,10,12,20H,4-6,9,11,13-19H2,1H3. The van der Waals surface area contributed by atoms with E-state index in [2.05, 4.69) is 51.1 Å². The molecule has 1 saturated heterocycles. The van der Waals surface area contributed by atoms with Gasteiger partial charge in [0, 0.05) is 66.8 Å². The highest BCUT2D eigenvalue weighted by Crippen LogP contribution is 2.48. The van der Waals surface area contributed by atoms with Crippen LogP contribution in [0.1, 0.15) is 39.0 Å². The highest BCUT2D eigenvalue weighted by atomic mass is 35.5. The van der Waals surface area contributed by atoms with Gasteiger partial charge in [-0.05, 0) is 63.2 Å². The van der Waals surface area contributed by atoms with Crippen LogP contribution in [-0.4, -0.2) is 67.2 Å². The van der Waals surface area contributed by atoms with E-state index in [-0.39, 0.29) is 11.6 Å². The zero-order valence-electron chi connectivity index (χ0n) is 20.0. The van der Waals surface area contributed by atoms with Gasteiger partial charge in [0.15, 0.2) is 0 Å². The molecule has 2 aromatic rings. The van der Waals surface area contributed by atoms with Gasteiger partial charge in [-0.2, -0.15) is 0 Å². The fraction of sp³-hybridized carbons (Fsp3) is 0.481. The first-order valence-electron chi connectivity index (χ1n) is 12.3. The molecular formula is C27H34ClN3O2S. The molecule has 5 nitrogen and oxygen atoms in total. The lowest BCUT2D eigenvalue weighted by Gasteiger charge is -2.36. The molecule has 0 atom stereocenters. The number of hydrogen-bond donors (Lipinski definition) is 0. The third kappa shape index (κ3) is 6.85. The van der Waals surface area contributed by atoms with E-state index in [9.17, 15) is 9.59 Å². The summed E-state index contributed by atoms with van der Waals surface area (Å²) in [6, 6.07) is 14.8. The molecule has 0 saturated carbocycles. The normalized spacial score (nSPS) is 16.2. The van der Waals surface area contributed by atoms with E-state index in [1.165, 1.54) is 21.2 Å². The van der Waals surface area contributed by atoms with Crippen LogP contribution in [0.25, 0.3) is 0 Å². The van der Waals surface area contributed by atoms with E-state index in [0.717, 1.165) is 63.7 Å². The maximum absolute atomic E-state index is 11.9. The predicted octanol–water partition coefficient (Wildman–Crippen LogP) is 5.67. The molecule has 0 aromatic heterocycles. The molecule has 4 rings (SSSR count). The van der Waals surface area contributed by atoms with E-state index in [4.69, 9.17) is 11.6 Å². The fourth-order valence-corrected chi connectivity index (χ4v) is 5.92. The molecule has 7 heteroatoms. The van der Waals surface area contributed by atoms with Crippen LogP contribution >= 0.6 is 23.4 Å². The van der Waals surface area contributed by atoms with Gasteiger partial charge < -0.3 is 19.5 Å². The summed E-state index contributed by atoms with van der Waals surface area (Å²) in [4.78, 5) is 32.9. The van der Waals surface area contributed by atoms with Crippen molar-refractivity contribution >= 4 is 46.3 Å². The van der Waals surface area contributed by atoms with Gasteiger partial charge >= 0.3 is 0 Å². The minimum absolute atomic E-state index is 0.0980. The second-order valence-corrected chi connectivity index (χ2v) is 10.7. The summed E-state index contributed by atoms with van der Waals surface area (Å²) < 4.78 is 0. The van der Waals surface area contributed by atoms with Crippen molar-refractivity contribution in [2.24, 2.45) is 0 Å². The fourth-order valence-electron chi connectivity index (χ4n) is 4.67. The van der Waals surface area contributed by atoms with Gasteiger partial charge in [-0.25, -0.2) is 0 Å². The third-order valence-corrected chi connectivity index (χ3v) is 7.96. The average Bonchev–Trinajstić information content (AvgIpc) is 2.83. The van der Waals surface area contributed by atoms with Crippen molar-refractivity contribution in [3.8, 4) is 0 Å². The lowest BCUT2D eigenvalue weighted by Crippen LogP contribution is -2.47. The van der Waals surface area contributed by atoms with Gasteiger partial charge in [-0.1, -0.05) is 35.5 Å². The second kappa shape index (κ2) is 12.2. The number of para-hydroxylation sites is 1. The van der Waals surface area contributed by atoms with E-state index >= 15 is 0 Å². The number of rotatable bonds is 11. The quantitative estimate of drug-likeness (QED) is 0.397. The summed E-state index contributed by atoms with van der Waals surface area (Å²) in [6.45, 7) is 8.84. The molecule has 0 aliphatic carbocycles. The van der Waals surface area contributed by atoms with Crippen LogP contribution < -0.4 is 4.90 Å². The minimum Gasteiger partial charge on any atom is -0.340 e. The van der Waals surface area contributed by atoms with Crippen molar-refractivity contribution in [3.63, 3.8) is 0 Å². The average molecular weight is 500 g/mol. The molecule has 1 fully saturated rings. The molecule has 0 bridgehead atoms. The first-order valence-corrected chi connectivity index (χ1v) is 13.5. The molecule has 0 unspecified atom stereocenters. The van der Waals surface area contributed by atoms with Crippen LogP contribution in [0.2, 0.25) is 5.02 Å². The van der Waals surface area contributed by atoms with Crippen LogP contribution in [0.4, 0.5) is 11.4 Å². The lowest BCUT2D eigenvalue weighted by atomic mass is 10.1. The minimum atomic E-state index is 0.0980. The van der Waals surface area contributed by atoms with Gasteiger partial charge in [0.1, 0.15) is 11.6 Å². The Morgan fingerprint density at radius 3 is 2.24 bits per heavy atom. The van der Waals surface area contributed by atoms with Crippen LogP contribution in [0, 0.1) is 0 Å². The first kappa shape index (κ1) is 25.2. The number of anilines is 2. The van der Waals surface area contributed by atoms with Crippen LogP contribution in [0.3, 0.4) is 0 Å². The van der Waals surface area contributed by atoms with Crippen LogP contribution in [0.5, 0.6) is 0 Å². The van der Waals surface area contributed by atoms with E-state index in [1.54, 1.807) is 6.92 Å². The van der Waals surface area contributed by atoms with Crippen molar-refractivity contribution in [1.29, 1.82) is 0 Å². The predicted molar refractivity (Wildman–Crippen MR) is 141 cm³/mol. The summed E-state index contributed by atoms with van der Waals surface area (Å²) in [5, 5.41) is 0.778. The zero-order chi connectivity index (χ0) is 23.9. The van der Waals surface area contributed by atoms with E-state index in [1.807, 2.05) is 17.8 Å². The number of fused-ring (bicyclic) bond motifs is 2. The largest absolute Gasteiger partial charge is 0.340 e. The van der Waals surface area contributed by atoms with Crippen molar-refractivity contribution in [1.82, 2.24) is 9.80 Å². The Labute approximate surface area is 212 Å². The van der Waals surface area contributed by atoms with Crippen LogP contribution in [-0.2, 0) is 9.59 Å². The van der Waals surface area contributed by atoms with E-state index < -0.39 is 0 Å². The van der Waals surface area contributed by atoms with Gasteiger partial charge in [0.2, 0.25) is 0 Å². The smallest absolute Gasteiger partial charge is 0.133 e. The molecular weight excluding hydrogens is 466 g/mol. The molecule has 2 aliphatic heterocycles. The van der Waals surface area contributed by atoms with Gasteiger partial charge in [0.25, 0.3) is 0 Å². The van der Waals surface area contributed by atoms with Gasteiger partial charge in [-0.15, -0.1) is 0 Å². The number of Topliss-reactive ketones (excluding diaryl/α,β-unsaturated/α-hetero) is 2. The Morgan fingerprint density at radius 1 is 0.824 bits per heavy atom. The summed E-state index contributed by atoms with van der Waals surface area (Å²) in [5.41, 5.74) is 2.48. The Hall–Kier alpha value is -1.86. The Balaban J connectivity index is 1.21. The number of carbonyl (C=O) groups is 2. The Morgan fingerprint density at radius 2 is 1.50 bits per heavy atom. The maximum Gasteiger partial charge on any atom is 0.133 e. The number of benzene rings is 2. The number of hydrogen-bond acceptors (Lipinski definition) is 6. The van der Waals surface area contributed by atoms with Crippen molar-refractivity contribution in [2.75, 3.05) is 50.7 Å². The Kier molecular flexibility index (Phi) is 9.06. The number of nitrogens with zero attached hydrogens (tertiary/aromatic N) is 3. The monoisotopic (exact) mass is 499 g/mol. The van der Waals surface area contributed by atoms with E-state index in [0.29, 0.717) is 19.3 Å². The zero-order valence-corrected chi connectivity index (χ0v) is 21.5. The highest BCUT2D eigenvalue weighted by Gasteiger charge is 2.24. The van der Waals surface area contributed by atoms with Crippen molar-refractivity contribution in [2.45, 2.75) is 48.8 Å². The topological polar surface area (TPSA) is 43.9 Å². The lowest BCUT2D eigenvalue weighted by molar-refractivity contribution is -0.123. The SMILES string of the molecule is CC(=O)CCC(=O)CCCN1CCN(CCCN2c3ccccc3Sc3ccc(Cl)cc32)CC1. The maximum atomic E-state index is 11.9. The molecule has 0 spiro atoms. The van der Waals surface area contributed by atoms with Crippen LogP contribution in [0.15, 0.2) is 52.3 Å². The summed E-state index contributed by atoms with van der Waals surface area (Å²) in [5.74, 6) is 0.315. The Bertz CT molecular complexity index is 1010. The number of piperazine rings is 1. The van der Waals surface area contributed by atoms with Gasteiger partial charge in [-0.3, -0.25) is 4.79 Å². The first-order chi connectivity index (χ1) is 16.5. The molecule has 182 valence electrons. The highest BCUT2D eigenvalue weighted by molar-refractivity contribution is 7.99. The number of carbonyl (C=O) groups excluding carboxylic acids is 2. The summed E-state index contributed by atoms with van der Waals surface area (Å²) in [6.07, 6.45) is 3.37. The molecule has 0 radical (unpaired) electrons. The van der Waals surface area contributed by atoms with Crippen molar-refractivity contribution in [3.05, 3.63) is 47.5 Å². The molecule has 2 heterocycles.